The van der Waals surface area contributed by atoms with Gasteiger partial charge in [-0.1, -0.05) is 19.9 Å². The molecule has 1 unspecified atom stereocenters. The van der Waals surface area contributed by atoms with Crippen molar-refractivity contribution in [3.63, 3.8) is 0 Å². The zero-order chi connectivity index (χ0) is 19.6. The molecule has 3 rings (SSSR count). The second-order valence-corrected chi connectivity index (χ2v) is 8.31. The summed E-state index contributed by atoms with van der Waals surface area (Å²) in [6.45, 7) is 9.08. The van der Waals surface area contributed by atoms with E-state index in [1.807, 2.05) is 13.0 Å². The number of methoxy groups -OCH3 is 1. The van der Waals surface area contributed by atoms with Gasteiger partial charge in [-0.15, -0.1) is 0 Å². The van der Waals surface area contributed by atoms with Gasteiger partial charge in [0.15, 0.2) is 5.66 Å². The fourth-order valence-corrected chi connectivity index (χ4v) is 4.18. The number of benzene rings is 1. The Bertz CT molecular complexity index is 713. The Hall–Kier alpha value is -1.88. The Labute approximate surface area is 163 Å². The van der Waals surface area contributed by atoms with Crippen molar-refractivity contribution in [3.8, 4) is 5.75 Å². The third-order valence-corrected chi connectivity index (χ3v) is 5.77. The average Bonchev–Trinajstić information content (AvgIpc) is 2.96. The molecule has 0 saturated heterocycles. The minimum atomic E-state index is -0.631. The van der Waals surface area contributed by atoms with Gasteiger partial charge < -0.3 is 15.2 Å². The van der Waals surface area contributed by atoms with Gasteiger partial charge in [0.25, 0.3) is 0 Å². The standard InChI is InChI=1S/C22H33N3O2/c1-14(2)13-27-19-9-6-15(3)20(12-19)22(24-16(4)21(23)25-22)17-7-10-18(26-5)11-8-17/h6,9,12,14,17-18H,7-8,10-11,13H2,1-5H3,(H2,23,25). The van der Waals surface area contributed by atoms with E-state index in [-0.39, 0.29) is 0 Å². The van der Waals surface area contributed by atoms with Gasteiger partial charge in [0.1, 0.15) is 11.6 Å². The van der Waals surface area contributed by atoms with E-state index in [1.54, 1.807) is 7.11 Å². The molecule has 2 aliphatic rings. The van der Waals surface area contributed by atoms with Crippen molar-refractivity contribution in [3.05, 3.63) is 29.3 Å². The Balaban J connectivity index is 1.99. The number of ether oxygens (including phenoxy) is 2. The van der Waals surface area contributed by atoms with Crippen LogP contribution < -0.4 is 10.5 Å². The number of aliphatic imine (C=N–C) groups is 2. The first kappa shape index (κ1) is 19.9. The summed E-state index contributed by atoms with van der Waals surface area (Å²) in [5.41, 5.74) is 8.69. The van der Waals surface area contributed by atoms with Crippen LogP contribution in [0.5, 0.6) is 5.75 Å². The lowest BCUT2D eigenvalue weighted by atomic mass is 9.75. The molecule has 148 valence electrons. The van der Waals surface area contributed by atoms with Gasteiger partial charge in [-0.25, -0.2) is 4.99 Å². The molecule has 0 bridgehead atoms. The summed E-state index contributed by atoms with van der Waals surface area (Å²) in [6, 6.07) is 6.27. The second-order valence-electron chi connectivity index (χ2n) is 8.31. The van der Waals surface area contributed by atoms with Crippen LogP contribution in [-0.2, 0) is 10.4 Å². The van der Waals surface area contributed by atoms with E-state index in [9.17, 15) is 0 Å². The molecule has 5 heteroatoms. The van der Waals surface area contributed by atoms with Crippen LogP contribution in [0.4, 0.5) is 0 Å². The molecule has 1 heterocycles. The number of nitrogens with two attached hydrogens (primary N) is 1. The van der Waals surface area contributed by atoms with Crippen molar-refractivity contribution in [2.75, 3.05) is 13.7 Å². The van der Waals surface area contributed by atoms with Gasteiger partial charge in [0.05, 0.1) is 18.4 Å². The van der Waals surface area contributed by atoms with Crippen LogP contribution in [-0.4, -0.2) is 31.4 Å². The highest BCUT2D eigenvalue weighted by Gasteiger charge is 2.46. The van der Waals surface area contributed by atoms with Crippen LogP contribution >= 0.6 is 0 Å². The largest absolute Gasteiger partial charge is 0.493 e. The van der Waals surface area contributed by atoms with E-state index in [2.05, 4.69) is 32.9 Å². The highest BCUT2D eigenvalue weighted by atomic mass is 16.5. The average molecular weight is 372 g/mol. The molecule has 1 atom stereocenters. The SMILES string of the molecule is COC1CCC(C2(c3cc(OCC(C)C)ccc3C)N=C(C)C(N)=N2)CC1. The van der Waals surface area contributed by atoms with E-state index < -0.39 is 5.66 Å². The number of aryl methyl sites for hydroxylation is 1. The lowest BCUT2D eigenvalue weighted by molar-refractivity contribution is 0.0425. The summed E-state index contributed by atoms with van der Waals surface area (Å²) in [7, 11) is 1.80. The summed E-state index contributed by atoms with van der Waals surface area (Å²) in [5.74, 6) is 2.23. The van der Waals surface area contributed by atoms with E-state index in [4.69, 9.17) is 25.2 Å². The molecular formula is C22H33N3O2. The third kappa shape index (κ3) is 4.03. The minimum Gasteiger partial charge on any atom is -0.493 e. The highest BCUT2D eigenvalue weighted by Crippen LogP contribution is 2.47. The summed E-state index contributed by atoms with van der Waals surface area (Å²) in [5, 5.41) is 0. The molecule has 1 aliphatic carbocycles. The minimum absolute atomic E-state index is 0.318. The van der Waals surface area contributed by atoms with Crippen LogP contribution in [0.15, 0.2) is 28.2 Å². The first-order chi connectivity index (χ1) is 12.9. The smallest absolute Gasteiger partial charge is 0.181 e. The number of rotatable bonds is 6. The fourth-order valence-electron chi connectivity index (χ4n) is 4.18. The van der Waals surface area contributed by atoms with Crippen molar-refractivity contribution in [1.82, 2.24) is 0 Å². The van der Waals surface area contributed by atoms with Gasteiger partial charge in [-0.05, 0) is 63.1 Å². The third-order valence-electron chi connectivity index (χ3n) is 5.77. The Morgan fingerprint density at radius 2 is 1.85 bits per heavy atom. The van der Waals surface area contributed by atoms with Crippen molar-refractivity contribution in [2.24, 2.45) is 27.6 Å². The second kappa shape index (κ2) is 8.01. The van der Waals surface area contributed by atoms with Crippen LogP contribution in [0.3, 0.4) is 0 Å². The van der Waals surface area contributed by atoms with Crippen LogP contribution in [0.25, 0.3) is 0 Å². The molecule has 0 aromatic heterocycles. The summed E-state index contributed by atoms with van der Waals surface area (Å²) < 4.78 is 11.6. The fraction of sp³-hybridized carbons (Fsp3) is 0.636. The first-order valence-electron chi connectivity index (χ1n) is 10.0. The van der Waals surface area contributed by atoms with Crippen LogP contribution in [0, 0.1) is 18.8 Å². The maximum Gasteiger partial charge on any atom is 0.181 e. The summed E-state index contributed by atoms with van der Waals surface area (Å²) >= 11 is 0. The first-order valence-corrected chi connectivity index (χ1v) is 10.0. The summed E-state index contributed by atoms with van der Waals surface area (Å²) in [4.78, 5) is 9.97. The number of hydrogen-bond acceptors (Lipinski definition) is 5. The zero-order valence-corrected chi connectivity index (χ0v) is 17.3. The lowest BCUT2D eigenvalue weighted by Crippen LogP contribution is -2.36. The van der Waals surface area contributed by atoms with Crippen molar-refractivity contribution >= 4 is 11.5 Å². The molecule has 5 nitrogen and oxygen atoms in total. The maximum absolute atomic E-state index is 6.20. The normalized spacial score (nSPS) is 28.2. The molecule has 1 aromatic rings. The Morgan fingerprint density at radius 1 is 1.15 bits per heavy atom. The number of hydrogen-bond donors (Lipinski definition) is 1. The van der Waals surface area contributed by atoms with Crippen LogP contribution in [0.2, 0.25) is 0 Å². The molecule has 2 N–H and O–H groups in total. The number of amidine groups is 1. The molecule has 27 heavy (non-hydrogen) atoms. The predicted molar refractivity (Wildman–Crippen MR) is 111 cm³/mol. The molecular weight excluding hydrogens is 338 g/mol. The van der Waals surface area contributed by atoms with E-state index in [0.717, 1.165) is 42.7 Å². The van der Waals surface area contributed by atoms with Crippen molar-refractivity contribution in [2.45, 2.75) is 65.1 Å². The number of nitrogens with zero attached hydrogens (tertiary/aromatic N) is 2. The molecule has 1 saturated carbocycles. The molecule has 0 amide bonds. The topological polar surface area (TPSA) is 69.2 Å². The Morgan fingerprint density at radius 3 is 2.41 bits per heavy atom. The highest BCUT2D eigenvalue weighted by molar-refractivity contribution is 6.41. The van der Waals surface area contributed by atoms with Crippen LogP contribution in [0.1, 0.15) is 57.6 Å². The summed E-state index contributed by atoms with van der Waals surface area (Å²) in [6.07, 6.45) is 4.48. The molecule has 0 spiro atoms. The van der Waals surface area contributed by atoms with Gasteiger partial charge in [0.2, 0.25) is 0 Å². The van der Waals surface area contributed by atoms with E-state index in [0.29, 0.717) is 30.4 Å². The van der Waals surface area contributed by atoms with Gasteiger partial charge >= 0.3 is 0 Å². The lowest BCUT2D eigenvalue weighted by Gasteiger charge is -2.38. The maximum atomic E-state index is 6.20. The predicted octanol–water partition coefficient (Wildman–Crippen LogP) is 4.22. The Kier molecular flexibility index (Phi) is 5.89. The van der Waals surface area contributed by atoms with E-state index >= 15 is 0 Å². The van der Waals surface area contributed by atoms with Crippen molar-refractivity contribution in [1.29, 1.82) is 0 Å². The molecule has 1 fully saturated rings. The molecule has 1 aromatic carbocycles. The monoisotopic (exact) mass is 371 g/mol. The zero-order valence-electron chi connectivity index (χ0n) is 17.3. The van der Waals surface area contributed by atoms with Gasteiger partial charge in [-0.3, -0.25) is 4.99 Å². The molecule has 1 aliphatic heterocycles. The van der Waals surface area contributed by atoms with Gasteiger partial charge in [-0.2, -0.15) is 0 Å². The van der Waals surface area contributed by atoms with E-state index in [1.165, 1.54) is 5.56 Å². The van der Waals surface area contributed by atoms with Gasteiger partial charge in [0, 0.05) is 18.6 Å². The molecule has 0 radical (unpaired) electrons. The quantitative estimate of drug-likeness (QED) is 0.814. The van der Waals surface area contributed by atoms with Crippen molar-refractivity contribution < 1.29 is 9.47 Å².